The Labute approximate surface area is 153 Å². The quantitative estimate of drug-likeness (QED) is 0.772. The molecule has 0 aliphatic carbocycles. The van der Waals surface area contributed by atoms with E-state index in [0.717, 1.165) is 19.1 Å². The molecule has 5 nitrogen and oxygen atoms in total. The Bertz CT molecular complexity index is 839. The summed E-state index contributed by atoms with van der Waals surface area (Å²) in [5.74, 6) is -0.242. The van der Waals surface area contributed by atoms with Crippen molar-refractivity contribution in [2.45, 2.75) is 25.8 Å². The zero-order chi connectivity index (χ0) is 18.4. The molecule has 2 N–H and O–H groups in total. The molecule has 2 aromatic carbocycles. The van der Waals surface area contributed by atoms with Crippen molar-refractivity contribution in [3.8, 4) is 0 Å². The topological polar surface area (TPSA) is 75.3 Å². The second-order valence-corrected chi connectivity index (χ2v) is 8.12. The summed E-state index contributed by atoms with van der Waals surface area (Å²) in [7, 11) is -3.42. The maximum atomic E-state index is 12.3. The van der Waals surface area contributed by atoms with E-state index in [1.807, 2.05) is 25.1 Å². The van der Waals surface area contributed by atoms with Gasteiger partial charge in [0.05, 0.1) is 17.0 Å². The molecule has 2 aromatic rings. The maximum Gasteiger partial charge on any atom is 0.251 e. The van der Waals surface area contributed by atoms with Gasteiger partial charge in [0.1, 0.15) is 0 Å². The second-order valence-electron chi connectivity index (χ2n) is 5.97. The van der Waals surface area contributed by atoms with Crippen LogP contribution in [-0.2, 0) is 16.4 Å². The van der Waals surface area contributed by atoms with E-state index in [1.54, 1.807) is 6.07 Å². The van der Waals surface area contributed by atoms with Crippen LogP contribution in [0.4, 0.5) is 5.69 Å². The number of halogens is 1. The first-order chi connectivity index (χ1) is 11.7. The van der Waals surface area contributed by atoms with E-state index < -0.39 is 10.0 Å². The highest BCUT2D eigenvalue weighted by molar-refractivity contribution is 7.92. The summed E-state index contributed by atoms with van der Waals surface area (Å²) >= 11 is 6.05. The Morgan fingerprint density at radius 3 is 2.44 bits per heavy atom. The van der Waals surface area contributed by atoms with Crippen LogP contribution in [0.5, 0.6) is 0 Å². The number of amides is 1. The van der Waals surface area contributed by atoms with E-state index >= 15 is 0 Å². The average molecular weight is 381 g/mol. The molecule has 0 spiro atoms. The average Bonchev–Trinajstić information content (AvgIpc) is 2.54. The van der Waals surface area contributed by atoms with Gasteiger partial charge in [-0.3, -0.25) is 9.52 Å². The lowest BCUT2D eigenvalue weighted by atomic mass is 10.1. The molecule has 0 saturated carbocycles. The first-order valence-electron chi connectivity index (χ1n) is 7.87. The number of rotatable bonds is 7. The van der Waals surface area contributed by atoms with Gasteiger partial charge in [0.25, 0.3) is 5.91 Å². The van der Waals surface area contributed by atoms with Gasteiger partial charge in [0.15, 0.2) is 0 Å². The summed E-state index contributed by atoms with van der Waals surface area (Å²) in [5.41, 5.74) is 1.86. The standard InChI is InChI=1S/C18H21ClN2O3S/c1-13(8-9-14-6-4-3-5-7-14)20-18(22)15-10-11-17(16(19)12-15)21-25(2,23)24/h3-7,10-13,21H,8-9H2,1-2H3,(H,20,22)/t13-/m1/s1. The summed E-state index contributed by atoms with van der Waals surface area (Å²) < 4.78 is 24.8. The number of nitrogens with one attached hydrogen (secondary N) is 2. The third kappa shape index (κ3) is 6.40. The van der Waals surface area contributed by atoms with Crippen molar-refractivity contribution >= 4 is 33.2 Å². The van der Waals surface area contributed by atoms with Gasteiger partial charge in [0.2, 0.25) is 10.0 Å². The van der Waals surface area contributed by atoms with Crippen LogP contribution in [0.3, 0.4) is 0 Å². The zero-order valence-corrected chi connectivity index (χ0v) is 15.7. The minimum atomic E-state index is -3.42. The van der Waals surface area contributed by atoms with Crippen LogP contribution in [0, 0.1) is 0 Å². The third-order valence-electron chi connectivity index (χ3n) is 3.61. The molecule has 2 rings (SSSR count). The molecule has 0 radical (unpaired) electrons. The molecule has 1 amide bonds. The molecule has 0 aliphatic rings. The smallest absolute Gasteiger partial charge is 0.251 e. The molecule has 7 heteroatoms. The lowest BCUT2D eigenvalue weighted by Crippen LogP contribution is -2.32. The van der Waals surface area contributed by atoms with E-state index in [0.29, 0.717) is 5.56 Å². The summed E-state index contributed by atoms with van der Waals surface area (Å²) in [6.45, 7) is 1.95. The number of carbonyl (C=O) groups excluding carboxylic acids is 1. The highest BCUT2D eigenvalue weighted by Crippen LogP contribution is 2.24. The Hall–Kier alpha value is -2.05. The number of benzene rings is 2. The van der Waals surface area contributed by atoms with Gasteiger partial charge in [-0.1, -0.05) is 41.9 Å². The fraction of sp³-hybridized carbons (Fsp3) is 0.278. The highest BCUT2D eigenvalue weighted by atomic mass is 35.5. The summed E-state index contributed by atoms with van der Waals surface area (Å²) in [6, 6.07) is 14.5. The van der Waals surface area contributed by atoms with Crippen molar-refractivity contribution < 1.29 is 13.2 Å². The van der Waals surface area contributed by atoms with Gasteiger partial charge in [-0.15, -0.1) is 0 Å². The van der Waals surface area contributed by atoms with Crippen molar-refractivity contribution in [1.82, 2.24) is 5.32 Å². The van der Waals surface area contributed by atoms with Crippen molar-refractivity contribution in [3.05, 3.63) is 64.7 Å². The predicted molar refractivity (Wildman–Crippen MR) is 102 cm³/mol. The number of aryl methyl sites for hydroxylation is 1. The molecular weight excluding hydrogens is 360 g/mol. The normalized spacial score (nSPS) is 12.4. The zero-order valence-electron chi connectivity index (χ0n) is 14.1. The molecule has 25 heavy (non-hydrogen) atoms. The summed E-state index contributed by atoms with van der Waals surface area (Å²) in [5, 5.41) is 3.10. The van der Waals surface area contributed by atoms with Crippen molar-refractivity contribution in [1.29, 1.82) is 0 Å². The van der Waals surface area contributed by atoms with E-state index in [4.69, 9.17) is 11.6 Å². The Morgan fingerprint density at radius 1 is 1.16 bits per heavy atom. The fourth-order valence-corrected chi connectivity index (χ4v) is 3.21. The van der Waals surface area contributed by atoms with Gasteiger partial charge < -0.3 is 5.32 Å². The van der Waals surface area contributed by atoms with Gasteiger partial charge in [-0.05, 0) is 43.5 Å². The number of anilines is 1. The SMILES string of the molecule is C[C@H](CCc1ccccc1)NC(=O)c1ccc(NS(C)(=O)=O)c(Cl)c1. The van der Waals surface area contributed by atoms with E-state index in [1.165, 1.54) is 17.7 Å². The molecule has 0 bridgehead atoms. The number of sulfonamides is 1. The first-order valence-corrected chi connectivity index (χ1v) is 10.1. The van der Waals surface area contributed by atoms with Crippen LogP contribution in [0.15, 0.2) is 48.5 Å². The van der Waals surface area contributed by atoms with E-state index in [-0.39, 0.29) is 22.7 Å². The number of hydrogen-bond donors (Lipinski definition) is 2. The molecule has 0 saturated heterocycles. The van der Waals surface area contributed by atoms with Crippen molar-refractivity contribution in [2.75, 3.05) is 11.0 Å². The number of carbonyl (C=O) groups is 1. The minimum Gasteiger partial charge on any atom is -0.350 e. The Kier molecular flexibility index (Phi) is 6.45. The molecule has 0 fully saturated rings. The predicted octanol–water partition coefficient (Wildman–Crippen LogP) is 3.46. The third-order valence-corrected chi connectivity index (χ3v) is 4.52. The van der Waals surface area contributed by atoms with Crippen LogP contribution in [0.1, 0.15) is 29.3 Å². The largest absolute Gasteiger partial charge is 0.350 e. The second kappa shape index (κ2) is 8.36. The summed E-state index contributed by atoms with van der Waals surface area (Å²) in [6.07, 6.45) is 2.73. The fourth-order valence-electron chi connectivity index (χ4n) is 2.35. The van der Waals surface area contributed by atoms with Crippen LogP contribution in [0.2, 0.25) is 5.02 Å². The molecule has 0 aliphatic heterocycles. The minimum absolute atomic E-state index is 0.000280. The summed E-state index contributed by atoms with van der Waals surface area (Å²) in [4.78, 5) is 12.3. The van der Waals surface area contributed by atoms with E-state index in [2.05, 4.69) is 22.2 Å². The van der Waals surface area contributed by atoms with Gasteiger partial charge in [-0.25, -0.2) is 8.42 Å². The highest BCUT2D eigenvalue weighted by Gasteiger charge is 2.13. The molecule has 1 atom stereocenters. The Morgan fingerprint density at radius 2 is 1.84 bits per heavy atom. The van der Waals surface area contributed by atoms with Crippen molar-refractivity contribution in [2.24, 2.45) is 0 Å². The number of hydrogen-bond acceptors (Lipinski definition) is 3. The first kappa shape index (κ1) is 19.3. The Balaban J connectivity index is 1.94. The van der Waals surface area contributed by atoms with Crippen LogP contribution in [0.25, 0.3) is 0 Å². The lowest BCUT2D eigenvalue weighted by Gasteiger charge is -2.15. The van der Waals surface area contributed by atoms with Crippen LogP contribution < -0.4 is 10.0 Å². The molecular formula is C18H21ClN2O3S. The molecule has 0 heterocycles. The monoisotopic (exact) mass is 380 g/mol. The van der Waals surface area contributed by atoms with Crippen molar-refractivity contribution in [3.63, 3.8) is 0 Å². The van der Waals surface area contributed by atoms with Crippen LogP contribution >= 0.6 is 11.6 Å². The van der Waals surface area contributed by atoms with Gasteiger partial charge in [0, 0.05) is 11.6 Å². The van der Waals surface area contributed by atoms with Crippen LogP contribution in [-0.4, -0.2) is 26.6 Å². The molecule has 0 aromatic heterocycles. The van der Waals surface area contributed by atoms with Gasteiger partial charge >= 0.3 is 0 Å². The molecule has 134 valence electrons. The maximum absolute atomic E-state index is 12.3. The lowest BCUT2D eigenvalue weighted by molar-refractivity contribution is 0.0938. The van der Waals surface area contributed by atoms with Gasteiger partial charge in [-0.2, -0.15) is 0 Å². The van der Waals surface area contributed by atoms with E-state index in [9.17, 15) is 13.2 Å². The molecule has 0 unspecified atom stereocenters.